The summed E-state index contributed by atoms with van der Waals surface area (Å²) in [4.78, 5) is 4.06. The summed E-state index contributed by atoms with van der Waals surface area (Å²) < 4.78 is 53.8. The molecule has 1 aromatic heterocycles. The Balaban J connectivity index is 2.28. The maximum atomic E-state index is 14.5. The molecule has 0 unspecified atom stereocenters. The third-order valence-electron chi connectivity index (χ3n) is 4.10. The molecule has 1 aromatic carbocycles. The van der Waals surface area contributed by atoms with Crippen molar-refractivity contribution < 1.29 is 27.4 Å². The van der Waals surface area contributed by atoms with Crippen LogP contribution in [-0.2, 0) is 10.2 Å². The van der Waals surface area contributed by atoms with Crippen LogP contribution in [0.1, 0.15) is 33.3 Å². The number of aromatic nitrogens is 1. The molecule has 0 aliphatic carbocycles. The lowest BCUT2D eigenvalue weighted by atomic mass is 10.2. The van der Waals surface area contributed by atoms with E-state index in [2.05, 4.69) is 9.38 Å². The fourth-order valence-electron chi connectivity index (χ4n) is 2.20. The van der Waals surface area contributed by atoms with Crippen molar-refractivity contribution in [1.29, 1.82) is 0 Å². The Labute approximate surface area is 196 Å². The summed E-state index contributed by atoms with van der Waals surface area (Å²) in [6.07, 6.45) is 1.32. The van der Waals surface area contributed by atoms with Crippen LogP contribution in [0.15, 0.2) is 28.8 Å². The number of pyridine rings is 1. The summed E-state index contributed by atoms with van der Waals surface area (Å²) in [6, 6.07) is 2.77. The lowest BCUT2D eigenvalue weighted by Crippen LogP contribution is -2.34. The second kappa shape index (κ2) is 10.7. The first-order valence-corrected chi connectivity index (χ1v) is 11.7. The SMILES string of the molecule is CC(C)COc1ncc(Oc2cc(F)c(C([O-])=NS(=O)(=O)N(C)C(C)C)cc2Cl)cc1Cl. The van der Waals surface area contributed by atoms with Gasteiger partial charge in [-0.2, -0.15) is 17.1 Å². The van der Waals surface area contributed by atoms with Gasteiger partial charge in [0.05, 0.1) is 17.8 Å². The number of benzene rings is 1. The Kier molecular flexibility index (Phi) is 8.69. The number of halogens is 3. The summed E-state index contributed by atoms with van der Waals surface area (Å²) in [7, 11) is -3.02. The van der Waals surface area contributed by atoms with Crippen molar-refractivity contribution in [2.24, 2.45) is 10.3 Å². The zero-order valence-electron chi connectivity index (χ0n) is 18.1. The molecule has 0 saturated carbocycles. The first kappa shape index (κ1) is 26.1. The second-order valence-corrected chi connectivity index (χ2v) is 9.98. The van der Waals surface area contributed by atoms with Gasteiger partial charge in [-0.05, 0) is 25.8 Å². The highest BCUT2D eigenvalue weighted by molar-refractivity contribution is 7.87. The molecule has 0 saturated heterocycles. The van der Waals surface area contributed by atoms with E-state index in [1.165, 1.54) is 19.3 Å². The molecule has 0 amide bonds. The highest BCUT2D eigenvalue weighted by atomic mass is 35.5. The summed E-state index contributed by atoms with van der Waals surface area (Å²) in [5.41, 5.74) is -0.614. The van der Waals surface area contributed by atoms with Gasteiger partial charge in [0.1, 0.15) is 22.3 Å². The molecule has 2 rings (SSSR count). The highest BCUT2D eigenvalue weighted by Crippen LogP contribution is 2.34. The molecule has 0 fully saturated rings. The number of ether oxygens (including phenoxy) is 2. The number of nitrogens with zero attached hydrogens (tertiary/aromatic N) is 3. The van der Waals surface area contributed by atoms with Gasteiger partial charge in [-0.25, -0.2) is 9.37 Å². The van der Waals surface area contributed by atoms with Gasteiger partial charge in [0.25, 0.3) is 0 Å². The molecule has 8 nitrogen and oxygen atoms in total. The smallest absolute Gasteiger partial charge is 0.321 e. The van der Waals surface area contributed by atoms with Gasteiger partial charge >= 0.3 is 10.2 Å². The minimum absolute atomic E-state index is 0.128. The van der Waals surface area contributed by atoms with E-state index in [0.29, 0.717) is 6.61 Å². The molecule has 0 aliphatic rings. The van der Waals surface area contributed by atoms with Crippen LogP contribution in [0.2, 0.25) is 10.0 Å². The highest BCUT2D eigenvalue weighted by Gasteiger charge is 2.20. The Morgan fingerprint density at radius 3 is 2.44 bits per heavy atom. The monoisotopic (exact) mass is 506 g/mol. The van der Waals surface area contributed by atoms with Crippen LogP contribution in [0.3, 0.4) is 0 Å². The zero-order chi connectivity index (χ0) is 24.2. The first-order valence-electron chi connectivity index (χ1n) is 9.52. The molecule has 32 heavy (non-hydrogen) atoms. The molecule has 2 aromatic rings. The Morgan fingerprint density at radius 2 is 1.88 bits per heavy atom. The summed E-state index contributed by atoms with van der Waals surface area (Å²) in [5, 5.41) is 12.3. The van der Waals surface area contributed by atoms with Gasteiger partial charge in [-0.1, -0.05) is 37.0 Å². The lowest BCUT2D eigenvalue weighted by Gasteiger charge is -2.20. The molecule has 1 heterocycles. The lowest BCUT2D eigenvalue weighted by molar-refractivity contribution is -0.212. The first-order chi connectivity index (χ1) is 14.8. The molecular weight excluding hydrogens is 484 g/mol. The normalized spacial score (nSPS) is 12.7. The third-order valence-corrected chi connectivity index (χ3v) is 6.22. The van der Waals surface area contributed by atoms with Gasteiger partial charge in [0.15, 0.2) is 0 Å². The van der Waals surface area contributed by atoms with E-state index in [1.807, 2.05) is 13.8 Å². The van der Waals surface area contributed by atoms with Crippen molar-refractivity contribution in [3.8, 4) is 17.4 Å². The fourth-order valence-corrected chi connectivity index (χ4v) is 3.58. The molecule has 0 aliphatic heterocycles. The third kappa shape index (κ3) is 6.68. The van der Waals surface area contributed by atoms with E-state index in [9.17, 15) is 17.9 Å². The minimum atomic E-state index is -4.28. The van der Waals surface area contributed by atoms with Crippen molar-refractivity contribution in [3.63, 3.8) is 0 Å². The summed E-state index contributed by atoms with van der Waals surface area (Å²) in [6.45, 7) is 7.58. The molecule has 0 spiro atoms. The molecule has 0 radical (unpaired) electrons. The van der Waals surface area contributed by atoms with Gasteiger partial charge < -0.3 is 14.6 Å². The predicted molar refractivity (Wildman–Crippen MR) is 119 cm³/mol. The van der Waals surface area contributed by atoms with Gasteiger partial charge in [0.2, 0.25) is 5.88 Å². The van der Waals surface area contributed by atoms with E-state index in [-0.39, 0.29) is 33.3 Å². The van der Waals surface area contributed by atoms with E-state index in [0.717, 1.165) is 16.4 Å². The van der Waals surface area contributed by atoms with E-state index in [1.54, 1.807) is 13.8 Å². The van der Waals surface area contributed by atoms with Crippen molar-refractivity contribution in [2.45, 2.75) is 33.7 Å². The van der Waals surface area contributed by atoms with Crippen LogP contribution in [0.25, 0.3) is 0 Å². The standard InChI is InChI=1S/C20H24Cl2FN3O5S/c1-11(2)10-30-20-16(22)6-13(9-24-20)31-18-8-17(23)14(7-15(18)21)19(27)25-32(28,29)26(5)12(3)4/h6-9,11-12H,10H2,1-5H3,(H,25,27)/p-1. The van der Waals surface area contributed by atoms with Crippen molar-refractivity contribution >= 4 is 39.3 Å². The van der Waals surface area contributed by atoms with Crippen LogP contribution < -0.4 is 14.6 Å². The molecule has 0 atom stereocenters. The average molecular weight is 507 g/mol. The van der Waals surface area contributed by atoms with Crippen LogP contribution >= 0.6 is 23.2 Å². The summed E-state index contributed by atoms with van der Waals surface area (Å²) >= 11 is 12.2. The van der Waals surface area contributed by atoms with Gasteiger partial charge in [0, 0.05) is 36.7 Å². The maximum Gasteiger partial charge on any atom is 0.321 e. The Bertz CT molecular complexity index is 1110. The zero-order valence-corrected chi connectivity index (χ0v) is 20.4. The predicted octanol–water partition coefficient (Wildman–Crippen LogP) is 4.05. The van der Waals surface area contributed by atoms with E-state index >= 15 is 0 Å². The number of hydrogen-bond acceptors (Lipinski definition) is 6. The molecular formula is C20H23Cl2FN3O5S-. The van der Waals surface area contributed by atoms with Crippen LogP contribution in [0, 0.1) is 11.7 Å². The second-order valence-electron chi connectivity index (χ2n) is 7.51. The summed E-state index contributed by atoms with van der Waals surface area (Å²) in [5.74, 6) is -1.83. The Hall–Kier alpha value is -2.14. The van der Waals surface area contributed by atoms with Crippen LogP contribution in [0.5, 0.6) is 17.4 Å². The van der Waals surface area contributed by atoms with Gasteiger partial charge in [-0.15, -0.1) is 0 Å². The Morgan fingerprint density at radius 1 is 1.22 bits per heavy atom. The molecule has 0 N–H and O–H groups in total. The maximum absolute atomic E-state index is 14.5. The largest absolute Gasteiger partial charge is 0.858 e. The van der Waals surface area contributed by atoms with Crippen molar-refractivity contribution in [2.75, 3.05) is 13.7 Å². The quantitative estimate of drug-likeness (QED) is 0.375. The molecule has 12 heteroatoms. The van der Waals surface area contributed by atoms with Gasteiger partial charge in [-0.3, -0.25) is 0 Å². The number of hydrogen-bond donors (Lipinski definition) is 0. The van der Waals surface area contributed by atoms with Crippen LogP contribution in [0.4, 0.5) is 4.39 Å². The molecule has 0 bridgehead atoms. The van der Waals surface area contributed by atoms with Crippen molar-refractivity contribution in [3.05, 3.63) is 45.8 Å². The number of rotatable bonds is 9. The van der Waals surface area contributed by atoms with Crippen LogP contribution in [-0.4, -0.2) is 43.3 Å². The molecule has 176 valence electrons. The van der Waals surface area contributed by atoms with Crippen molar-refractivity contribution in [1.82, 2.24) is 9.29 Å². The van der Waals surface area contributed by atoms with E-state index < -0.39 is 33.5 Å². The topological polar surface area (TPSA) is 104 Å². The minimum Gasteiger partial charge on any atom is -0.858 e. The average Bonchev–Trinajstić information content (AvgIpc) is 2.68. The van der Waals surface area contributed by atoms with E-state index in [4.69, 9.17) is 32.7 Å². The fraction of sp³-hybridized carbons (Fsp3) is 0.400.